The van der Waals surface area contributed by atoms with Crippen molar-refractivity contribution < 1.29 is 17.9 Å². The number of nitrogens with one attached hydrogen (secondary N) is 1. The maximum Gasteiger partial charge on any atom is 0.573 e. The monoisotopic (exact) mass is 303 g/mol. The van der Waals surface area contributed by atoms with Crippen LogP contribution in [-0.2, 0) is 0 Å². The SMILES string of the molecule is CCCNc1nsnc1-c1ccccc1OC(F)(F)F. The lowest BCUT2D eigenvalue weighted by Crippen LogP contribution is -2.17. The Morgan fingerprint density at radius 1 is 1.25 bits per heavy atom. The molecule has 0 aliphatic rings. The van der Waals surface area contributed by atoms with E-state index >= 15 is 0 Å². The van der Waals surface area contributed by atoms with Gasteiger partial charge in [-0.15, -0.1) is 13.2 Å². The topological polar surface area (TPSA) is 47.0 Å². The normalized spacial score (nSPS) is 11.4. The molecule has 1 aromatic carbocycles. The summed E-state index contributed by atoms with van der Waals surface area (Å²) in [5, 5.41) is 3.03. The lowest BCUT2D eigenvalue weighted by atomic mass is 10.1. The molecule has 108 valence electrons. The van der Waals surface area contributed by atoms with Crippen LogP contribution in [-0.4, -0.2) is 21.7 Å². The van der Waals surface area contributed by atoms with Gasteiger partial charge in [0.1, 0.15) is 11.4 Å². The number of rotatable bonds is 5. The molecule has 0 saturated carbocycles. The van der Waals surface area contributed by atoms with Crippen LogP contribution in [0.5, 0.6) is 5.75 Å². The van der Waals surface area contributed by atoms with Gasteiger partial charge in [-0.25, -0.2) is 0 Å². The van der Waals surface area contributed by atoms with Crippen LogP contribution < -0.4 is 10.1 Å². The molecule has 0 atom stereocenters. The van der Waals surface area contributed by atoms with Crippen LogP contribution in [0.15, 0.2) is 24.3 Å². The molecule has 8 heteroatoms. The van der Waals surface area contributed by atoms with E-state index in [4.69, 9.17) is 0 Å². The maximum atomic E-state index is 12.4. The van der Waals surface area contributed by atoms with Crippen LogP contribution in [0.3, 0.4) is 0 Å². The molecule has 1 aromatic heterocycles. The maximum absolute atomic E-state index is 12.4. The Morgan fingerprint density at radius 2 is 2.00 bits per heavy atom. The first-order valence-corrected chi connectivity index (χ1v) is 6.66. The van der Waals surface area contributed by atoms with E-state index < -0.39 is 6.36 Å². The molecule has 0 aliphatic heterocycles. The van der Waals surface area contributed by atoms with Crippen LogP contribution >= 0.6 is 11.7 Å². The zero-order chi connectivity index (χ0) is 14.6. The number of benzene rings is 1. The minimum Gasteiger partial charge on any atom is -0.405 e. The van der Waals surface area contributed by atoms with Crippen molar-refractivity contribution in [2.45, 2.75) is 19.7 Å². The lowest BCUT2D eigenvalue weighted by Gasteiger charge is -2.12. The molecule has 2 aromatic rings. The standard InChI is InChI=1S/C12H12F3N3OS/c1-2-7-16-11-10(17-20-18-11)8-5-3-4-6-9(8)19-12(13,14)15/h3-6H,2,7H2,1H3,(H,16,18). The van der Waals surface area contributed by atoms with E-state index in [-0.39, 0.29) is 11.3 Å². The number of hydrogen-bond acceptors (Lipinski definition) is 5. The minimum atomic E-state index is -4.74. The van der Waals surface area contributed by atoms with E-state index in [9.17, 15) is 13.2 Å². The summed E-state index contributed by atoms with van der Waals surface area (Å²) in [4.78, 5) is 0. The van der Waals surface area contributed by atoms with Crippen molar-refractivity contribution in [1.29, 1.82) is 0 Å². The average Bonchev–Trinajstić information content (AvgIpc) is 2.83. The second kappa shape index (κ2) is 6.08. The molecule has 2 rings (SSSR count). The fourth-order valence-corrected chi connectivity index (χ4v) is 2.14. The predicted molar refractivity (Wildman–Crippen MR) is 70.8 cm³/mol. The Hall–Kier alpha value is -1.83. The quantitative estimate of drug-likeness (QED) is 0.909. The zero-order valence-corrected chi connectivity index (χ0v) is 11.4. The third kappa shape index (κ3) is 3.60. The summed E-state index contributed by atoms with van der Waals surface area (Å²) >= 11 is 0.939. The molecule has 4 nitrogen and oxygen atoms in total. The van der Waals surface area contributed by atoms with E-state index in [1.54, 1.807) is 6.07 Å². The van der Waals surface area contributed by atoms with Crippen molar-refractivity contribution in [1.82, 2.24) is 8.75 Å². The van der Waals surface area contributed by atoms with Crippen molar-refractivity contribution in [3.63, 3.8) is 0 Å². The molecule has 0 spiro atoms. The Balaban J connectivity index is 2.35. The number of nitrogens with zero attached hydrogens (tertiary/aromatic N) is 2. The molecule has 0 fully saturated rings. The summed E-state index contributed by atoms with van der Waals surface area (Å²) in [5.74, 6) is 0.183. The van der Waals surface area contributed by atoms with E-state index in [0.29, 0.717) is 18.1 Å². The number of alkyl halides is 3. The van der Waals surface area contributed by atoms with Crippen molar-refractivity contribution in [2.75, 3.05) is 11.9 Å². The fraction of sp³-hybridized carbons (Fsp3) is 0.333. The molecule has 0 aliphatic carbocycles. The first kappa shape index (κ1) is 14.6. The molecule has 0 radical (unpaired) electrons. The van der Waals surface area contributed by atoms with Gasteiger partial charge >= 0.3 is 6.36 Å². The summed E-state index contributed by atoms with van der Waals surface area (Å²) in [5.41, 5.74) is 0.625. The Labute approximate surface area is 117 Å². The molecule has 0 bridgehead atoms. The summed E-state index contributed by atoms with van der Waals surface area (Å²) in [6.07, 6.45) is -3.87. The van der Waals surface area contributed by atoms with E-state index in [2.05, 4.69) is 18.8 Å². The fourth-order valence-electron chi connectivity index (χ4n) is 1.60. The number of para-hydroxylation sites is 1. The minimum absolute atomic E-state index is 0.261. The third-order valence-corrected chi connectivity index (χ3v) is 2.93. The van der Waals surface area contributed by atoms with Crippen LogP contribution in [0.25, 0.3) is 11.3 Å². The third-order valence-electron chi connectivity index (χ3n) is 2.40. The molecule has 0 saturated heterocycles. The van der Waals surface area contributed by atoms with Gasteiger partial charge in [-0.3, -0.25) is 0 Å². The molecule has 0 unspecified atom stereocenters. The van der Waals surface area contributed by atoms with Crippen molar-refractivity contribution >= 4 is 17.5 Å². The first-order chi connectivity index (χ1) is 9.51. The molecule has 20 heavy (non-hydrogen) atoms. The average molecular weight is 303 g/mol. The summed E-state index contributed by atoms with van der Waals surface area (Å²) in [6.45, 7) is 2.65. The van der Waals surface area contributed by atoms with Gasteiger partial charge in [0.05, 0.1) is 11.7 Å². The smallest absolute Gasteiger partial charge is 0.405 e. The van der Waals surface area contributed by atoms with Gasteiger partial charge in [-0.05, 0) is 18.6 Å². The Morgan fingerprint density at radius 3 is 2.70 bits per heavy atom. The van der Waals surface area contributed by atoms with Gasteiger partial charge in [-0.2, -0.15) is 8.75 Å². The van der Waals surface area contributed by atoms with E-state index in [1.807, 2.05) is 6.92 Å². The van der Waals surface area contributed by atoms with E-state index in [1.165, 1.54) is 18.2 Å². The number of halogens is 3. The lowest BCUT2D eigenvalue weighted by molar-refractivity contribution is -0.274. The van der Waals surface area contributed by atoms with Crippen molar-refractivity contribution in [2.24, 2.45) is 0 Å². The van der Waals surface area contributed by atoms with Crippen LogP contribution in [0, 0.1) is 0 Å². The highest BCUT2D eigenvalue weighted by Gasteiger charge is 2.32. The van der Waals surface area contributed by atoms with Gasteiger partial charge in [0.2, 0.25) is 0 Å². The number of ether oxygens (including phenoxy) is 1. The zero-order valence-electron chi connectivity index (χ0n) is 10.6. The van der Waals surface area contributed by atoms with E-state index in [0.717, 1.165) is 18.1 Å². The Kier molecular flexibility index (Phi) is 4.43. The predicted octanol–water partition coefficient (Wildman–Crippen LogP) is 3.93. The molecule has 0 amide bonds. The first-order valence-electron chi connectivity index (χ1n) is 5.93. The van der Waals surface area contributed by atoms with Gasteiger partial charge < -0.3 is 10.1 Å². The summed E-state index contributed by atoms with van der Waals surface area (Å²) in [6, 6.07) is 5.88. The van der Waals surface area contributed by atoms with Gasteiger partial charge in [0.15, 0.2) is 5.82 Å². The molecule has 1 heterocycles. The van der Waals surface area contributed by atoms with Crippen molar-refractivity contribution in [3.05, 3.63) is 24.3 Å². The van der Waals surface area contributed by atoms with Gasteiger partial charge in [0.25, 0.3) is 0 Å². The van der Waals surface area contributed by atoms with Gasteiger partial charge in [0, 0.05) is 12.1 Å². The highest BCUT2D eigenvalue weighted by molar-refractivity contribution is 6.99. The molecular formula is C12H12F3N3OS. The highest BCUT2D eigenvalue weighted by Crippen LogP contribution is 2.36. The molecular weight excluding hydrogens is 291 g/mol. The summed E-state index contributed by atoms with van der Waals surface area (Å²) < 4.78 is 49.3. The molecule has 1 N–H and O–H groups in total. The second-order valence-electron chi connectivity index (χ2n) is 3.93. The van der Waals surface area contributed by atoms with Crippen LogP contribution in [0.1, 0.15) is 13.3 Å². The number of aromatic nitrogens is 2. The van der Waals surface area contributed by atoms with Crippen LogP contribution in [0.4, 0.5) is 19.0 Å². The summed E-state index contributed by atoms with van der Waals surface area (Å²) in [7, 11) is 0. The number of hydrogen-bond donors (Lipinski definition) is 1. The number of anilines is 1. The Bertz CT molecular complexity index is 571. The van der Waals surface area contributed by atoms with Crippen LogP contribution in [0.2, 0.25) is 0 Å². The van der Waals surface area contributed by atoms with Gasteiger partial charge in [-0.1, -0.05) is 19.1 Å². The van der Waals surface area contributed by atoms with Crippen molar-refractivity contribution in [3.8, 4) is 17.0 Å². The highest BCUT2D eigenvalue weighted by atomic mass is 32.1. The second-order valence-corrected chi connectivity index (χ2v) is 4.46. The largest absolute Gasteiger partial charge is 0.573 e.